The summed E-state index contributed by atoms with van der Waals surface area (Å²) in [6, 6.07) is 0. The van der Waals surface area contributed by atoms with Crippen molar-refractivity contribution < 1.29 is 4.79 Å². The van der Waals surface area contributed by atoms with E-state index in [0.717, 1.165) is 6.42 Å². The topological polar surface area (TPSA) is 29.1 Å². The van der Waals surface area contributed by atoms with Crippen LogP contribution in [0, 0.1) is 11.3 Å². The van der Waals surface area contributed by atoms with Crippen LogP contribution >= 0.6 is 11.6 Å². The number of hydrogen-bond donors (Lipinski definition) is 1. The predicted molar refractivity (Wildman–Crippen MR) is 70.8 cm³/mol. The lowest BCUT2D eigenvalue weighted by Gasteiger charge is -2.31. The van der Waals surface area contributed by atoms with E-state index in [1.807, 2.05) is 13.8 Å². The lowest BCUT2D eigenvalue weighted by Crippen LogP contribution is -2.47. The Hall–Kier alpha value is -0.240. The normalized spacial score (nSPS) is 17.7. The first kappa shape index (κ1) is 15.8. The number of rotatable bonds is 5. The van der Waals surface area contributed by atoms with Crippen LogP contribution in [-0.4, -0.2) is 17.3 Å². The predicted octanol–water partition coefficient (Wildman–Crippen LogP) is 3.58. The van der Waals surface area contributed by atoms with Crippen LogP contribution in [0.4, 0.5) is 0 Å². The molecular formula is C13H26ClNO. The second kappa shape index (κ2) is 5.90. The van der Waals surface area contributed by atoms with Gasteiger partial charge in [0, 0.05) is 12.3 Å². The molecule has 0 aliphatic rings. The molecular weight excluding hydrogens is 222 g/mol. The van der Waals surface area contributed by atoms with Crippen molar-refractivity contribution in [3.63, 3.8) is 0 Å². The number of alkyl halides is 1. The fourth-order valence-electron chi connectivity index (χ4n) is 1.19. The van der Waals surface area contributed by atoms with Gasteiger partial charge in [0.1, 0.15) is 0 Å². The number of nitrogens with one attached hydrogen (secondary N) is 1. The Kier molecular flexibility index (Phi) is 5.81. The van der Waals surface area contributed by atoms with Crippen LogP contribution in [0.15, 0.2) is 0 Å². The third kappa shape index (κ3) is 5.20. The van der Waals surface area contributed by atoms with E-state index in [-0.39, 0.29) is 16.9 Å². The summed E-state index contributed by atoms with van der Waals surface area (Å²) >= 11 is 5.86. The number of carbonyl (C=O) groups is 1. The van der Waals surface area contributed by atoms with Crippen LogP contribution < -0.4 is 5.32 Å². The van der Waals surface area contributed by atoms with E-state index in [0.29, 0.717) is 18.2 Å². The van der Waals surface area contributed by atoms with Gasteiger partial charge in [-0.15, -0.1) is 11.6 Å². The second-order valence-electron chi connectivity index (χ2n) is 6.07. The highest BCUT2D eigenvalue weighted by molar-refractivity contribution is 6.18. The van der Waals surface area contributed by atoms with Crippen LogP contribution in [0.2, 0.25) is 0 Å². The Morgan fingerprint density at radius 3 is 2.12 bits per heavy atom. The van der Waals surface area contributed by atoms with Gasteiger partial charge in [-0.25, -0.2) is 0 Å². The molecule has 0 spiro atoms. The third-order valence-electron chi connectivity index (χ3n) is 3.49. The molecule has 0 aromatic heterocycles. The highest BCUT2D eigenvalue weighted by atomic mass is 35.5. The highest BCUT2D eigenvalue weighted by Gasteiger charge is 2.27. The molecule has 3 heteroatoms. The fraction of sp³-hybridized carbons (Fsp3) is 0.923. The van der Waals surface area contributed by atoms with Gasteiger partial charge in [0.2, 0.25) is 5.91 Å². The van der Waals surface area contributed by atoms with Crippen LogP contribution in [0.1, 0.15) is 54.4 Å². The summed E-state index contributed by atoms with van der Waals surface area (Å²) in [5.74, 6) is 0.926. The summed E-state index contributed by atoms with van der Waals surface area (Å²) in [7, 11) is 0. The largest absolute Gasteiger partial charge is 0.350 e. The van der Waals surface area contributed by atoms with Gasteiger partial charge in [-0.2, -0.15) is 0 Å². The van der Waals surface area contributed by atoms with Gasteiger partial charge >= 0.3 is 0 Å². The molecule has 0 aromatic rings. The van der Waals surface area contributed by atoms with E-state index >= 15 is 0 Å². The smallest absolute Gasteiger partial charge is 0.220 e. The van der Waals surface area contributed by atoms with Crippen LogP contribution in [0.25, 0.3) is 0 Å². The first-order valence-electron chi connectivity index (χ1n) is 6.01. The van der Waals surface area contributed by atoms with Crippen molar-refractivity contribution in [3.8, 4) is 0 Å². The molecule has 0 rings (SSSR count). The van der Waals surface area contributed by atoms with E-state index in [9.17, 15) is 4.79 Å². The summed E-state index contributed by atoms with van der Waals surface area (Å²) in [6.07, 6.45) is 1.42. The van der Waals surface area contributed by atoms with E-state index in [2.05, 4.69) is 33.0 Å². The Morgan fingerprint density at radius 1 is 1.31 bits per heavy atom. The van der Waals surface area contributed by atoms with Crippen molar-refractivity contribution in [1.29, 1.82) is 0 Å². The lowest BCUT2D eigenvalue weighted by molar-refractivity contribution is -0.124. The van der Waals surface area contributed by atoms with Gasteiger partial charge in [-0.05, 0) is 24.7 Å². The lowest BCUT2D eigenvalue weighted by atomic mass is 9.80. The van der Waals surface area contributed by atoms with Crippen LogP contribution in [0.3, 0.4) is 0 Å². The fourth-order valence-corrected chi connectivity index (χ4v) is 1.44. The second-order valence-corrected chi connectivity index (χ2v) is 6.33. The minimum Gasteiger partial charge on any atom is -0.350 e. The number of amides is 1. The van der Waals surface area contributed by atoms with Crippen molar-refractivity contribution in [2.45, 2.75) is 59.9 Å². The van der Waals surface area contributed by atoms with Crippen LogP contribution in [0.5, 0.6) is 0 Å². The summed E-state index contributed by atoms with van der Waals surface area (Å²) in [6.45, 7) is 12.6. The van der Waals surface area contributed by atoms with Crippen molar-refractivity contribution in [3.05, 3.63) is 0 Å². The molecule has 0 saturated heterocycles. The Labute approximate surface area is 105 Å². The zero-order valence-electron chi connectivity index (χ0n) is 11.5. The molecule has 16 heavy (non-hydrogen) atoms. The van der Waals surface area contributed by atoms with Gasteiger partial charge in [-0.1, -0.05) is 34.6 Å². The zero-order chi connectivity index (χ0) is 13.0. The molecule has 96 valence electrons. The molecule has 2 atom stereocenters. The molecule has 0 fully saturated rings. The van der Waals surface area contributed by atoms with E-state index in [1.54, 1.807) is 0 Å². The first-order valence-corrected chi connectivity index (χ1v) is 6.55. The molecule has 1 amide bonds. The molecule has 0 saturated carbocycles. The monoisotopic (exact) mass is 247 g/mol. The van der Waals surface area contributed by atoms with Crippen molar-refractivity contribution in [1.82, 2.24) is 5.32 Å². The molecule has 0 aliphatic heterocycles. The molecule has 2 unspecified atom stereocenters. The minimum atomic E-state index is -0.268. The van der Waals surface area contributed by atoms with E-state index in [1.165, 1.54) is 0 Å². The van der Waals surface area contributed by atoms with E-state index in [4.69, 9.17) is 11.6 Å². The molecule has 1 N–H and O–H groups in total. The highest BCUT2D eigenvalue weighted by Crippen LogP contribution is 2.28. The summed E-state index contributed by atoms with van der Waals surface area (Å²) in [5, 5.41) is 3.02. The van der Waals surface area contributed by atoms with E-state index < -0.39 is 0 Å². The molecule has 0 radical (unpaired) electrons. The maximum Gasteiger partial charge on any atom is 0.220 e. The summed E-state index contributed by atoms with van der Waals surface area (Å²) < 4.78 is 0. The minimum absolute atomic E-state index is 0.104. The Bertz CT molecular complexity index is 229. The van der Waals surface area contributed by atoms with Gasteiger partial charge in [-0.3, -0.25) is 4.79 Å². The van der Waals surface area contributed by atoms with Crippen molar-refractivity contribution in [2.24, 2.45) is 11.3 Å². The number of carbonyl (C=O) groups excluding carboxylic acids is 1. The summed E-state index contributed by atoms with van der Waals surface area (Å²) in [4.78, 5) is 11.9. The maximum atomic E-state index is 11.9. The van der Waals surface area contributed by atoms with Crippen molar-refractivity contribution in [2.75, 3.05) is 5.88 Å². The maximum absolute atomic E-state index is 11.9. The first-order chi connectivity index (χ1) is 7.14. The molecule has 2 nitrogen and oxygen atoms in total. The average Bonchev–Trinajstić information content (AvgIpc) is 2.15. The van der Waals surface area contributed by atoms with Gasteiger partial charge in [0.15, 0.2) is 0 Å². The zero-order valence-corrected chi connectivity index (χ0v) is 12.2. The van der Waals surface area contributed by atoms with Gasteiger partial charge in [0.05, 0.1) is 5.54 Å². The number of halogens is 1. The Balaban J connectivity index is 4.29. The molecule has 0 heterocycles. The quantitative estimate of drug-likeness (QED) is 0.740. The molecule has 0 bridgehead atoms. The van der Waals surface area contributed by atoms with Gasteiger partial charge < -0.3 is 5.32 Å². The van der Waals surface area contributed by atoms with Crippen LogP contribution in [-0.2, 0) is 4.79 Å². The SMILES string of the molecule is CCC(C)(CCl)NC(=O)CC(C)C(C)(C)C. The standard InChI is InChI=1S/C13H26ClNO/c1-7-13(6,9-14)15-11(16)8-10(2)12(3,4)5/h10H,7-9H2,1-6H3,(H,15,16). The average molecular weight is 248 g/mol. The van der Waals surface area contributed by atoms with Crippen molar-refractivity contribution >= 4 is 17.5 Å². The van der Waals surface area contributed by atoms with Gasteiger partial charge in [0.25, 0.3) is 0 Å². The molecule has 0 aliphatic carbocycles. The Morgan fingerprint density at radius 2 is 1.81 bits per heavy atom. The third-order valence-corrected chi connectivity index (χ3v) is 4.08. The summed E-state index contributed by atoms with van der Waals surface area (Å²) in [5.41, 5.74) is -0.100. The molecule has 0 aromatic carbocycles. The number of hydrogen-bond acceptors (Lipinski definition) is 1.